The fraction of sp³-hybridized carbons (Fsp3) is 0.615. The van der Waals surface area contributed by atoms with E-state index in [1.54, 1.807) is 13.0 Å². The van der Waals surface area contributed by atoms with Gasteiger partial charge in [-0.2, -0.15) is 13.2 Å². The average Bonchev–Trinajstić information content (AvgIpc) is 2.94. The minimum Gasteiger partial charge on any atom is -0.361 e. The highest BCUT2D eigenvalue weighted by Crippen LogP contribution is 2.25. The van der Waals surface area contributed by atoms with E-state index < -0.39 is 24.5 Å². The van der Waals surface area contributed by atoms with Gasteiger partial charge in [0, 0.05) is 26.1 Å². The Kier molecular flexibility index (Phi) is 4.43. The molecular weight excluding hydrogens is 303 g/mol. The molecule has 22 heavy (non-hydrogen) atoms. The van der Waals surface area contributed by atoms with Crippen LogP contribution in [0.3, 0.4) is 0 Å². The summed E-state index contributed by atoms with van der Waals surface area (Å²) in [6.07, 6.45) is -4.66. The van der Waals surface area contributed by atoms with Gasteiger partial charge in [0.2, 0.25) is 11.8 Å². The van der Waals surface area contributed by atoms with Crippen LogP contribution in [-0.2, 0) is 16.1 Å². The summed E-state index contributed by atoms with van der Waals surface area (Å²) in [7, 11) is 1.52. The molecule has 1 aliphatic rings. The van der Waals surface area contributed by atoms with E-state index in [4.69, 9.17) is 4.52 Å². The first-order valence-electron chi connectivity index (χ1n) is 6.67. The van der Waals surface area contributed by atoms with Crippen molar-refractivity contribution in [2.24, 2.45) is 5.92 Å². The molecule has 1 fully saturated rings. The molecule has 1 aliphatic heterocycles. The normalized spacial score (nSPS) is 18.9. The number of aryl methyl sites for hydroxylation is 1. The summed E-state index contributed by atoms with van der Waals surface area (Å²) >= 11 is 0. The van der Waals surface area contributed by atoms with Crippen molar-refractivity contribution in [3.63, 3.8) is 0 Å². The Morgan fingerprint density at radius 2 is 2.23 bits per heavy atom. The molecule has 9 heteroatoms. The van der Waals surface area contributed by atoms with Crippen molar-refractivity contribution in [3.8, 4) is 0 Å². The maximum absolute atomic E-state index is 12.3. The summed E-state index contributed by atoms with van der Waals surface area (Å²) in [5.74, 6) is -1.18. The molecule has 1 aromatic heterocycles. The smallest absolute Gasteiger partial charge is 0.361 e. The number of rotatable bonds is 4. The van der Waals surface area contributed by atoms with Crippen molar-refractivity contribution in [2.45, 2.75) is 26.1 Å². The Bertz CT molecular complexity index is 570. The first-order valence-corrected chi connectivity index (χ1v) is 6.67. The lowest BCUT2D eigenvalue weighted by molar-refractivity contribution is -0.157. The van der Waals surface area contributed by atoms with Gasteiger partial charge in [0.15, 0.2) is 0 Å². The molecule has 0 radical (unpaired) electrons. The highest BCUT2D eigenvalue weighted by molar-refractivity contribution is 5.89. The molecule has 2 amide bonds. The predicted octanol–water partition coefficient (Wildman–Crippen LogP) is 1.35. The van der Waals surface area contributed by atoms with E-state index in [9.17, 15) is 22.8 Å². The fourth-order valence-electron chi connectivity index (χ4n) is 2.43. The van der Waals surface area contributed by atoms with E-state index in [0.29, 0.717) is 16.4 Å². The van der Waals surface area contributed by atoms with Crippen LogP contribution >= 0.6 is 0 Å². The van der Waals surface area contributed by atoms with Crippen LogP contribution in [0, 0.1) is 12.8 Å². The Morgan fingerprint density at radius 3 is 2.77 bits per heavy atom. The van der Waals surface area contributed by atoms with Crippen molar-refractivity contribution < 1.29 is 27.3 Å². The molecular formula is C13H16F3N3O3. The van der Waals surface area contributed by atoms with Crippen molar-refractivity contribution >= 4 is 11.8 Å². The second-order valence-corrected chi connectivity index (χ2v) is 5.41. The van der Waals surface area contributed by atoms with Crippen molar-refractivity contribution in [3.05, 3.63) is 17.5 Å². The number of carbonyl (C=O) groups excluding carboxylic acids is 2. The summed E-state index contributed by atoms with van der Waals surface area (Å²) in [6, 6.07) is 1.67. The van der Waals surface area contributed by atoms with Crippen molar-refractivity contribution in [1.29, 1.82) is 0 Å². The third-order valence-electron chi connectivity index (χ3n) is 3.39. The summed E-state index contributed by atoms with van der Waals surface area (Å²) in [5.41, 5.74) is 0.546. The highest BCUT2D eigenvalue weighted by Gasteiger charge is 2.41. The molecule has 0 aliphatic carbocycles. The van der Waals surface area contributed by atoms with E-state index in [1.165, 1.54) is 11.9 Å². The molecule has 0 spiro atoms. The quantitative estimate of drug-likeness (QED) is 0.840. The zero-order valence-corrected chi connectivity index (χ0v) is 12.2. The van der Waals surface area contributed by atoms with Crippen LogP contribution < -0.4 is 0 Å². The van der Waals surface area contributed by atoms with E-state index in [0.717, 1.165) is 0 Å². The molecule has 0 bridgehead atoms. The number of likely N-dealkylation sites (tertiary alicyclic amines) is 1. The number of carbonyl (C=O) groups is 2. The van der Waals surface area contributed by atoms with Crippen LogP contribution in [0.25, 0.3) is 0 Å². The number of halogens is 3. The molecule has 122 valence electrons. The number of hydrogen-bond donors (Lipinski definition) is 0. The van der Waals surface area contributed by atoms with Crippen LogP contribution in [0.2, 0.25) is 0 Å². The third-order valence-corrected chi connectivity index (χ3v) is 3.39. The zero-order valence-electron chi connectivity index (χ0n) is 12.2. The fourth-order valence-corrected chi connectivity index (χ4v) is 2.43. The minimum atomic E-state index is -4.46. The van der Waals surface area contributed by atoms with Gasteiger partial charge in [-0.1, -0.05) is 5.16 Å². The average molecular weight is 319 g/mol. The van der Waals surface area contributed by atoms with Crippen molar-refractivity contribution in [2.75, 3.05) is 20.1 Å². The van der Waals surface area contributed by atoms with Gasteiger partial charge < -0.3 is 14.3 Å². The maximum Gasteiger partial charge on any atom is 0.406 e. The van der Waals surface area contributed by atoms with Crippen LogP contribution in [0.5, 0.6) is 0 Å². The van der Waals surface area contributed by atoms with Gasteiger partial charge in [-0.3, -0.25) is 9.59 Å². The Morgan fingerprint density at radius 1 is 1.55 bits per heavy atom. The van der Waals surface area contributed by atoms with E-state index in [1.807, 2.05) is 0 Å². The SMILES string of the molecule is Cc1cc(CN(C)C(=O)C2CC(=O)N(CC(F)(F)F)C2)no1. The molecule has 2 heterocycles. The molecule has 1 aromatic rings. The molecule has 6 nitrogen and oxygen atoms in total. The van der Waals surface area contributed by atoms with Crippen LogP contribution in [-0.4, -0.2) is 53.1 Å². The lowest BCUT2D eigenvalue weighted by atomic mass is 10.1. The largest absolute Gasteiger partial charge is 0.406 e. The van der Waals surface area contributed by atoms with Crippen LogP contribution in [0.4, 0.5) is 13.2 Å². The van der Waals surface area contributed by atoms with E-state index in [-0.39, 0.29) is 25.4 Å². The summed E-state index contributed by atoms with van der Waals surface area (Å²) in [4.78, 5) is 25.8. The molecule has 2 rings (SSSR count). The predicted molar refractivity (Wildman–Crippen MR) is 68.5 cm³/mol. The second-order valence-electron chi connectivity index (χ2n) is 5.41. The second kappa shape index (κ2) is 5.98. The lowest BCUT2D eigenvalue weighted by Crippen LogP contribution is -2.37. The van der Waals surface area contributed by atoms with Gasteiger partial charge in [0.05, 0.1) is 12.5 Å². The molecule has 1 unspecified atom stereocenters. The topological polar surface area (TPSA) is 66.7 Å². The summed E-state index contributed by atoms with van der Waals surface area (Å²) < 4.78 is 41.9. The van der Waals surface area contributed by atoms with Gasteiger partial charge in [-0.15, -0.1) is 0 Å². The Balaban J connectivity index is 1.94. The highest BCUT2D eigenvalue weighted by atomic mass is 19.4. The Hall–Kier alpha value is -2.06. The third kappa shape index (κ3) is 3.99. The van der Waals surface area contributed by atoms with Crippen molar-refractivity contribution in [1.82, 2.24) is 15.0 Å². The molecule has 0 aromatic carbocycles. The van der Waals surface area contributed by atoms with Gasteiger partial charge in [0.25, 0.3) is 0 Å². The van der Waals surface area contributed by atoms with Gasteiger partial charge >= 0.3 is 6.18 Å². The number of alkyl halides is 3. The summed E-state index contributed by atoms with van der Waals surface area (Å²) in [5, 5.41) is 3.75. The molecule has 1 atom stereocenters. The zero-order chi connectivity index (χ0) is 16.5. The summed E-state index contributed by atoms with van der Waals surface area (Å²) in [6.45, 7) is 0.365. The standard InChI is InChI=1S/C13H16F3N3O3/c1-8-3-10(17-22-8)6-18(2)12(21)9-4-11(20)19(5-9)7-13(14,15)16/h3,9H,4-7H2,1-2H3. The molecule has 1 saturated heterocycles. The number of hydrogen-bond acceptors (Lipinski definition) is 4. The Labute approximate surface area is 124 Å². The minimum absolute atomic E-state index is 0.181. The molecule has 0 N–H and O–H groups in total. The lowest BCUT2D eigenvalue weighted by Gasteiger charge is -2.21. The van der Waals surface area contributed by atoms with E-state index in [2.05, 4.69) is 5.16 Å². The number of amides is 2. The van der Waals surface area contributed by atoms with Crippen LogP contribution in [0.1, 0.15) is 17.9 Å². The number of aromatic nitrogens is 1. The first kappa shape index (κ1) is 16.3. The first-order chi connectivity index (χ1) is 10.2. The molecule has 0 saturated carbocycles. The van der Waals surface area contributed by atoms with Gasteiger partial charge in [-0.25, -0.2) is 0 Å². The monoisotopic (exact) mass is 319 g/mol. The van der Waals surface area contributed by atoms with Crippen LogP contribution in [0.15, 0.2) is 10.6 Å². The number of nitrogens with zero attached hydrogens (tertiary/aromatic N) is 3. The maximum atomic E-state index is 12.3. The van der Waals surface area contributed by atoms with Gasteiger partial charge in [-0.05, 0) is 6.92 Å². The van der Waals surface area contributed by atoms with E-state index >= 15 is 0 Å². The van der Waals surface area contributed by atoms with Gasteiger partial charge in [0.1, 0.15) is 18.0 Å².